The second kappa shape index (κ2) is 3.02. The number of benzene rings is 1. The van der Waals surface area contributed by atoms with Gasteiger partial charge in [0, 0.05) is 6.07 Å². The van der Waals surface area contributed by atoms with Gasteiger partial charge in [-0.05, 0) is 22.6 Å². The molecule has 0 aliphatic rings. The summed E-state index contributed by atoms with van der Waals surface area (Å²) in [5.41, 5.74) is 5.35. The SMILES string of the molecule is Nc1nnnn1-c1ccc(F)cc1F. The van der Waals surface area contributed by atoms with E-state index in [1.165, 1.54) is 6.07 Å². The van der Waals surface area contributed by atoms with E-state index in [4.69, 9.17) is 5.73 Å². The molecular weight excluding hydrogens is 192 g/mol. The molecule has 2 N–H and O–H groups in total. The van der Waals surface area contributed by atoms with Gasteiger partial charge < -0.3 is 5.73 Å². The first-order chi connectivity index (χ1) is 6.68. The molecule has 72 valence electrons. The zero-order valence-corrected chi connectivity index (χ0v) is 6.85. The van der Waals surface area contributed by atoms with Gasteiger partial charge in [-0.3, -0.25) is 0 Å². The Morgan fingerprint density at radius 2 is 2.07 bits per heavy atom. The third-order valence-electron chi connectivity index (χ3n) is 1.63. The van der Waals surface area contributed by atoms with Gasteiger partial charge in [0.05, 0.1) is 0 Å². The molecule has 7 heteroatoms. The van der Waals surface area contributed by atoms with Crippen molar-refractivity contribution in [2.24, 2.45) is 0 Å². The summed E-state index contributed by atoms with van der Waals surface area (Å²) < 4.78 is 26.7. The van der Waals surface area contributed by atoms with E-state index in [0.29, 0.717) is 0 Å². The van der Waals surface area contributed by atoms with E-state index in [-0.39, 0.29) is 11.6 Å². The molecule has 0 bridgehead atoms. The van der Waals surface area contributed by atoms with Crippen LogP contribution in [0, 0.1) is 11.6 Å². The van der Waals surface area contributed by atoms with Crippen LogP contribution in [0.3, 0.4) is 0 Å². The standard InChI is InChI=1S/C7H5F2N5/c8-4-1-2-6(5(9)3-4)14-7(10)11-12-13-14/h1-3H,(H2,10,11,13). The summed E-state index contributed by atoms with van der Waals surface area (Å²) in [4.78, 5) is 0. The Morgan fingerprint density at radius 3 is 2.64 bits per heavy atom. The predicted molar refractivity (Wildman–Crippen MR) is 43.5 cm³/mol. The second-order valence-corrected chi connectivity index (χ2v) is 2.54. The Labute approximate surface area is 77.1 Å². The Balaban J connectivity index is 2.58. The van der Waals surface area contributed by atoms with E-state index in [1.807, 2.05) is 0 Å². The molecule has 1 aromatic carbocycles. The average molecular weight is 197 g/mol. The van der Waals surface area contributed by atoms with Crippen LogP contribution in [0.1, 0.15) is 0 Å². The minimum atomic E-state index is -0.774. The van der Waals surface area contributed by atoms with Crippen LogP contribution in [0.2, 0.25) is 0 Å². The van der Waals surface area contributed by atoms with Crippen molar-refractivity contribution in [3.63, 3.8) is 0 Å². The minimum Gasteiger partial charge on any atom is -0.366 e. The maximum atomic E-state index is 13.2. The molecule has 0 atom stereocenters. The summed E-state index contributed by atoms with van der Waals surface area (Å²) in [6.45, 7) is 0. The van der Waals surface area contributed by atoms with Crippen molar-refractivity contribution in [1.82, 2.24) is 20.2 Å². The minimum absolute atomic E-state index is 0.00824. The number of hydrogen-bond acceptors (Lipinski definition) is 4. The predicted octanol–water partition coefficient (Wildman–Crippen LogP) is 0.523. The molecule has 0 amide bonds. The van der Waals surface area contributed by atoms with E-state index in [0.717, 1.165) is 16.8 Å². The highest BCUT2D eigenvalue weighted by molar-refractivity contribution is 5.37. The molecule has 2 aromatic rings. The molecule has 0 saturated heterocycles. The van der Waals surface area contributed by atoms with Gasteiger partial charge in [0.25, 0.3) is 0 Å². The summed E-state index contributed by atoms with van der Waals surface area (Å²) in [6, 6.07) is 3.04. The summed E-state index contributed by atoms with van der Waals surface area (Å²) in [5, 5.41) is 10.1. The Hall–Kier alpha value is -2.05. The number of anilines is 1. The summed E-state index contributed by atoms with van der Waals surface area (Å²) in [7, 11) is 0. The smallest absolute Gasteiger partial charge is 0.245 e. The highest BCUT2D eigenvalue weighted by Gasteiger charge is 2.10. The lowest BCUT2D eigenvalue weighted by molar-refractivity contribution is 0.572. The van der Waals surface area contributed by atoms with Crippen molar-refractivity contribution in [2.75, 3.05) is 5.73 Å². The maximum absolute atomic E-state index is 13.2. The van der Waals surface area contributed by atoms with E-state index >= 15 is 0 Å². The molecule has 0 fully saturated rings. The van der Waals surface area contributed by atoms with E-state index in [9.17, 15) is 8.78 Å². The summed E-state index contributed by atoms with van der Waals surface area (Å²) in [6.07, 6.45) is 0. The van der Waals surface area contributed by atoms with E-state index < -0.39 is 11.6 Å². The van der Waals surface area contributed by atoms with Gasteiger partial charge in [0.15, 0.2) is 5.82 Å². The Morgan fingerprint density at radius 1 is 1.29 bits per heavy atom. The number of halogens is 2. The van der Waals surface area contributed by atoms with Gasteiger partial charge in [-0.2, -0.15) is 4.68 Å². The number of nitrogen functional groups attached to an aromatic ring is 1. The number of nitrogens with two attached hydrogens (primary N) is 1. The number of nitrogens with zero attached hydrogens (tertiary/aromatic N) is 4. The molecule has 0 saturated carbocycles. The lowest BCUT2D eigenvalue weighted by atomic mass is 10.3. The molecular formula is C7H5F2N5. The number of tetrazole rings is 1. The summed E-state index contributed by atoms with van der Waals surface area (Å²) >= 11 is 0. The number of aromatic nitrogens is 4. The van der Waals surface area contributed by atoms with Gasteiger partial charge in [0.2, 0.25) is 5.95 Å². The van der Waals surface area contributed by atoms with Crippen molar-refractivity contribution < 1.29 is 8.78 Å². The van der Waals surface area contributed by atoms with Gasteiger partial charge in [-0.25, -0.2) is 8.78 Å². The fraction of sp³-hybridized carbons (Fsp3) is 0. The van der Waals surface area contributed by atoms with Gasteiger partial charge >= 0.3 is 0 Å². The van der Waals surface area contributed by atoms with E-state index in [2.05, 4.69) is 15.5 Å². The van der Waals surface area contributed by atoms with Crippen LogP contribution < -0.4 is 5.73 Å². The van der Waals surface area contributed by atoms with Crippen molar-refractivity contribution in [3.8, 4) is 5.69 Å². The van der Waals surface area contributed by atoms with Crippen molar-refractivity contribution in [2.45, 2.75) is 0 Å². The number of hydrogen-bond donors (Lipinski definition) is 1. The molecule has 14 heavy (non-hydrogen) atoms. The van der Waals surface area contributed by atoms with Crippen LogP contribution in [0.25, 0.3) is 5.69 Å². The zero-order valence-electron chi connectivity index (χ0n) is 6.85. The fourth-order valence-corrected chi connectivity index (χ4v) is 1.02. The van der Waals surface area contributed by atoms with Crippen LogP contribution in [0.15, 0.2) is 18.2 Å². The average Bonchev–Trinajstić information content (AvgIpc) is 2.52. The monoisotopic (exact) mass is 197 g/mol. The lowest BCUT2D eigenvalue weighted by Gasteiger charge is -2.01. The van der Waals surface area contributed by atoms with E-state index in [1.54, 1.807) is 0 Å². The molecule has 2 rings (SSSR count). The largest absolute Gasteiger partial charge is 0.366 e. The Kier molecular flexibility index (Phi) is 1.84. The highest BCUT2D eigenvalue weighted by Crippen LogP contribution is 2.14. The third-order valence-corrected chi connectivity index (χ3v) is 1.63. The molecule has 0 aliphatic carbocycles. The first kappa shape index (κ1) is 8.54. The molecule has 0 aliphatic heterocycles. The van der Waals surface area contributed by atoms with Crippen molar-refractivity contribution >= 4 is 5.95 Å². The molecule has 1 aromatic heterocycles. The van der Waals surface area contributed by atoms with Gasteiger partial charge in [-0.1, -0.05) is 5.10 Å². The van der Waals surface area contributed by atoms with Crippen molar-refractivity contribution in [3.05, 3.63) is 29.8 Å². The van der Waals surface area contributed by atoms with Crippen LogP contribution in [0.5, 0.6) is 0 Å². The third kappa shape index (κ3) is 1.28. The number of rotatable bonds is 1. The molecule has 5 nitrogen and oxygen atoms in total. The molecule has 0 spiro atoms. The first-order valence-corrected chi connectivity index (χ1v) is 3.68. The van der Waals surface area contributed by atoms with Crippen LogP contribution in [0.4, 0.5) is 14.7 Å². The molecule has 1 heterocycles. The lowest BCUT2D eigenvalue weighted by Crippen LogP contribution is -2.04. The summed E-state index contributed by atoms with van der Waals surface area (Å²) in [5.74, 6) is -1.50. The van der Waals surface area contributed by atoms with Crippen LogP contribution >= 0.6 is 0 Å². The first-order valence-electron chi connectivity index (χ1n) is 3.68. The highest BCUT2D eigenvalue weighted by atomic mass is 19.1. The molecule has 0 radical (unpaired) electrons. The van der Waals surface area contributed by atoms with Crippen molar-refractivity contribution in [1.29, 1.82) is 0 Å². The van der Waals surface area contributed by atoms with Crippen LogP contribution in [-0.4, -0.2) is 20.2 Å². The second-order valence-electron chi connectivity index (χ2n) is 2.54. The van der Waals surface area contributed by atoms with Gasteiger partial charge in [-0.15, -0.1) is 0 Å². The fourth-order valence-electron chi connectivity index (χ4n) is 1.02. The normalized spacial score (nSPS) is 10.4. The van der Waals surface area contributed by atoms with Gasteiger partial charge in [0.1, 0.15) is 11.5 Å². The maximum Gasteiger partial charge on any atom is 0.245 e. The quantitative estimate of drug-likeness (QED) is 0.723. The Bertz CT molecular complexity index is 467. The van der Waals surface area contributed by atoms with Crippen LogP contribution in [-0.2, 0) is 0 Å². The topological polar surface area (TPSA) is 69.6 Å². The molecule has 0 unspecified atom stereocenters. The zero-order chi connectivity index (χ0) is 10.1.